The molecule has 0 amide bonds. The molecule has 8 heteroatoms. The monoisotopic (exact) mass is 410 g/mol. The number of aromatic amines is 1. The van der Waals surface area contributed by atoms with Gasteiger partial charge in [-0.15, -0.1) is 0 Å². The molecule has 0 saturated heterocycles. The van der Waals surface area contributed by atoms with Gasteiger partial charge in [-0.2, -0.15) is 14.9 Å². The molecule has 0 aliphatic carbocycles. The van der Waals surface area contributed by atoms with Crippen molar-refractivity contribution in [3.8, 4) is 17.1 Å². The first-order valence-corrected chi connectivity index (χ1v) is 9.54. The highest BCUT2D eigenvalue weighted by molar-refractivity contribution is 7.71. The van der Waals surface area contributed by atoms with Crippen LogP contribution in [0.15, 0.2) is 53.6 Å². The Kier molecular flexibility index (Phi) is 6.56. The number of ether oxygens (including phenoxy) is 2. The van der Waals surface area contributed by atoms with E-state index in [2.05, 4.69) is 15.3 Å². The Morgan fingerprint density at radius 2 is 1.90 bits per heavy atom. The third kappa shape index (κ3) is 5.61. The van der Waals surface area contributed by atoms with Crippen LogP contribution < -0.4 is 4.74 Å². The first-order valence-electron chi connectivity index (χ1n) is 9.13. The molecule has 0 fully saturated rings. The summed E-state index contributed by atoms with van der Waals surface area (Å²) in [5, 5.41) is 11.5. The van der Waals surface area contributed by atoms with Gasteiger partial charge in [0.05, 0.1) is 12.3 Å². The standard InChI is InChI=1S/C21H22N4O3S/c1-14(2)28-19(26)13-27-18-10-6-16(7-11-18)12-22-25-20(23-24-21(25)29)17-8-4-15(3)5-9-17/h4-12,14H,13H2,1-3H3,(H,24,29)/b22-12-. The normalized spacial score (nSPS) is 11.2. The molecule has 3 rings (SSSR count). The Balaban J connectivity index is 1.69. The fraction of sp³-hybridized carbons (Fsp3) is 0.238. The molecule has 1 N–H and O–H groups in total. The maximum Gasteiger partial charge on any atom is 0.344 e. The number of esters is 1. The van der Waals surface area contributed by atoms with Crippen molar-refractivity contribution in [1.29, 1.82) is 0 Å². The molecule has 0 unspecified atom stereocenters. The second kappa shape index (κ2) is 9.29. The summed E-state index contributed by atoms with van der Waals surface area (Å²) in [4.78, 5) is 11.5. The molecule has 3 aromatic rings. The quantitative estimate of drug-likeness (QED) is 0.360. The summed E-state index contributed by atoms with van der Waals surface area (Å²) in [7, 11) is 0. The van der Waals surface area contributed by atoms with E-state index in [0.29, 0.717) is 16.3 Å². The van der Waals surface area contributed by atoms with Gasteiger partial charge in [0, 0.05) is 5.56 Å². The number of carbonyl (C=O) groups is 1. The van der Waals surface area contributed by atoms with Crippen molar-refractivity contribution in [1.82, 2.24) is 14.9 Å². The molecule has 2 aromatic carbocycles. The van der Waals surface area contributed by atoms with Crippen LogP contribution in [0.4, 0.5) is 0 Å². The average molecular weight is 410 g/mol. The van der Waals surface area contributed by atoms with Crippen molar-refractivity contribution in [3.05, 3.63) is 64.4 Å². The maximum absolute atomic E-state index is 11.5. The van der Waals surface area contributed by atoms with Crippen LogP contribution in [-0.4, -0.2) is 39.8 Å². The molecule has 0 spiro atoms. The van der Waals surface area contributed by atoms with Crippen molar-refractivity contribution >= 4 is 24.4 Å². The van der Waals surface area contributed by atoms with Crippen LogP contribution in [-0.2, 0) is 9.53 Å². The molecule has 0 saturated carbocycles. The average Bonchev–Trinajstić information content (AvgIpc) is 3.06. The minimum atomic E-state index is -0.399. The van der Waals surface area contributed by atoms with Gasteiger partial charge in [0.25, 0.3) is 0 Å². The highest BCUT2D eigenvalue weighted by Crippen LogP contribution is 2.18. The van der Waals surface area contributed by atoms with Gasteiger partial charge in [0.15, 0.2) is 12.4 Å². The molecule has 29 heavy (non-hydrogen) atoms. The smallest absolute Gasteiger partial charge is 0.344 e. The lowest BCUT2D eigenvalue weighted by molar-refractivity contribution is -0.149. The van der Waals surface area contributed by atoms with E-state index in [0.717, 1.165) is 16.7 Å². The number of H-pyrrole nitrogens is 1. The van der Waals surface area contributed by atoms with Crippen LogP contribution >= 0.6 is 12.2 Å². The second-order valence-electron chi connectivity index (χ2n) is 6.67. The minimum absolute atomic E-state index is 0.129. The van der Waals surface area contributed by atoms with Crippen molar-refractivity contribution in [2.75, 3.05) is 6.61 Å². The van der Waals surface area contributed by atoms with Crippen LogP contribution in [0.2, 0.25) is 0 Å². The third-order valence-electron chi connectivity index (χ3n) is 3.89. The SMILES string of the molecule is Cc1ccc(-c2n[nH]c(=S)n2/N=C\c2ccc(OCC(=O)OC(C)C)cc2)cc1. The van der Waals surface area contributed by atoms with E-state index >= 15 is 0 Å². The first-order chi connectivity index (χ1) is 13.9. The summed E-state index contributed by atoms with van der Waals surface area (Å²) in [6.45, 7) is 5.49. The zero-order valence-electron chi connectivity index (χ0n) is 16.5. The highest BCUT2D eigenvalue weighted by atomic mass is 32.1. The Bertz CT molecular complexity index is 1050. The van der Waals surface area contributed by atoms with Crippen LogP contribution in [0.1, 0.15) is 25.0 Å². The van der Waals surface area contributed by atoms with Gasteiger partial charge in [-0.3, -0.25) is 0 Å². The van der Waals surface area contributed by atoms with E-state index in [4.69, 9.17) is 21.7 Å². The van der Waals surface area contributed by atoms with Gasteiger partial charge in [0.1, 0.15) is 5.75 Å². The summed E-state index contributed by atoms with van der Waals surface area (Å²) in [5.74, 6) is 0.807. The first kappa shape index (κ1) is 20.5. The molecular formula is C21H22N4O3S. The molecule has 0 bridgehead atoms. The van der Waals surface area contributed by atoms with E-state index < -0.39 is 5.97 Å². The van der Waals surface area contributed by atoms with E-state index in [1.165, 1.54) is 0 Å². The fourth-order valence-corrected chi connectivity index (χ4v) is 2.68. The predicted octanol–water partition coefficient (Wildman–Crippen LogP) is 4.13. The zero-order chi connectivity index (χ0) is 20.8. The Labute approximate surface area is 174 Å². The van der Waals surface area contributed by atoms with Crippen molar-refractivity contribution < 1.29 is 14.3 Å². The van der Waals surface area contributed by atoms with Crippen LogP contribution in [0.25, 0.3) is 11.4 Å². The van der Waals surface area contributed by atoms with Gasteiger partial charge in [-0.25, -0.2) is 9.89 Å². The van der Waals surface area contributed by atoms with Gasteiger partial charge < -0.3 is 9.47 Å². The second-order valence-corrected chi connectivity index (χ2v) is 7.06. The summed E-state index contributed by atoms with van der Waals surface area (Å²) < 4.78 is 12.4. The largest absolute Gasteiger partial charge is 0.482 e. The summed E-state index contributed by atoms with van der Waals surface area (Å²) in [5.41, 5.74) is 2.93. The summed E-state index contributed by atoms with van der Waals surface area (Å²) in [6, 6.07) is 15.2. The molecule has 0 aliphatic heterocycles. The summed E-state index contributed by atoms with van der Waals surface area (Å²) in [6.07, 6.45) is 1.52. The van der Waals surface area contributed by atoms with Gasteiger partial charge in [-0.05, 0) is 62.8 Å². The van der Waals surface area contributed by atoms with E-state index in [1.807, 2.05) is 43.3 Å². The number of carbonyl (C=O) groups excluding carboxylic acids is 1. The molecule has 0 aliphatic rings. The van der Waals surface area contributed by atoms with Crippen molar-refractivity contribution in [2.45, 2.75) is 26.9 Å². The van der Waals surface area contributed by atoms with Crippen LogP contribution in [0.3, 0.4) is 0 Å². The van der Waals surface area contributed by atoms with Crippen molar-refractivity contribution in [2.24, 2.45) is 5.10 Å². The fourth-order valence-electron chi connectivity index (χ4n) is 2.50. The maximum atomic E-state index is 11.5. The lowest BCUT2D eigenvalue weighted by Crippen LogP contribution is -2.18. The number of nitrogens with zero attached hydrogens (tertiary/aromatic N) is 3. The number of aryl methyl sites for hydroxylation is 1. The number of rotatable bonds is 7. The number of hydrogen-bond acceptors (Lipinski definition) is 6. The highest BCUT2D eigenvalue weighted by Gasteiger charge is 2.08. The van der Waals surface area contributed by atoms with E-state index in [1.54, 1.807) is 36.9 Å². The topological polar surface area (TPSA) is 81.5 Å². The Hall–Kier alpha value is -3.26. The van der Waals surface area contributed by atoms with Crippen LogP contribution in [0, 0.1) is 11.7 Å². The Morgan fingerprint density at radius 3 is 2.55 bits per heavy atom. The van der Waals surface area contributed by atoms with Crippen LogP contribution in [0.5, 0.6) is 5.75 Å². The lowest BCUT2D eigenvalue weighted by Gasteiger charge is -2.09. The van der Waals surface area contributed by atoms with Gasteiger partial charge in [-0.1, -0.05) is 29.8 Å². The molecule has 0 radical (unpaired) electrons. The van der Waals surface area contributed by atoms with Gasteiger partial charge >= 0.3 is 5.97 Å². The number of hydrogen-bond donors (Lipinski definition) is 1. The number of nitrogens with one attached hydrogen (secondary N) is 1. The van der Waals surface area contributed by atoms with E-state index in [-0.39, 0.29) is 12.7 Å². The van der Waals surface area contributed by atoms with Gasteiger partial charge in [0.2, 0.25) is 4.77 Å². The molecule has 1 aromatic heterocycles. The van der Waals surface area contributed by atoms with Crippen molar-refractivity contribution in [3.63, 3.8) is 0 Å². The lowest BCUT2D eigenvalue weighted by atomic mass is 10.1. The molecule has 150 valence electrons. The third-order valence-corrected chi connectivity index (χ3v) is 4.15. The number of aromatic nitrogens is 3. The predicted molar refractivity (Wildman–Crippen MR) is 114 cm³/mol. The number of benzene rings is 2. The molecule has 7 nitrogen and oxygen atoms in total. The molecule has 0 atom stereocenters. The zero-order valence-corrected chi connectivity index (χ0v) is 17.3. The Morgan fingerprint density at radius 1 is 1.21 bits per heavy atom. The molecule has 1 heterocycles. The minimum Gasteiger partial charge on any atom is -0.482 e. The molecular weight excluding hydrogens is 388 g/mol. The van der Waals surface area contributed by atoms with E-state index in [9.17, 15) is 4.79 Å². The summed E-state index contributed by atoms with van der Waals surface area (Å²) >= 11 is 5.29.